The molecule has 0 atom stereocenters. The van der Waals surface area contributed by atoms with Gasteiger partial charge in [-0.05, 0) is 36.6 Å². The monoisotopic (exact) mass is 288 g/mol. The third-order valence-electron chi connectivity index (χ3n) is 4.18. The molecule has 112 valence electrons. The van der Waals surface area contributed by atoms with Gasteiger partial charge in [0.25, 0.3) is 0 Å². The third-order valence-corrected chi connectivity index (χ3v) is 4.18. The standard InChI is InChI=1S/C16H20N2O3/c1-20-8-7-17-15(19)16(5-6-16)13-10-18-14-4-3-11(21-2)9-12(13)14/h3-4,9-10,18H,5-8H2,1-2H3,(H,17,19). The molecule has 1 aromatic carbocycles. The molecule has 0 bridgehead atoms. The molecule has 0 saturated heterocycles. The zero-order chi connectivity index (χ0) is 14.9. The largest absolute Gasteiger partial charge is 0.497 e. The molecule has 3 rings (SSSR count). The fourth-order valence-electron chi connectivity index (χ4n) is 2.80. The number of amides is 1. The summed E-state index contributed by atoms with van der Waals surface area (Å²) in [5.41, 5.74) is 1.70. The molecule has 1 aliphatic rings. The molecule has 5 nitrogen and oxygen atoms in total. The van der Waals surface area contributed by atoms with Gasteiger partial charge in [0.15, 0.2) is 0 Å². The predicted molar refractivity (Wildman–Crippen MR) is 80.6 cm³/mol. The van der Waals surface area contributed by atoms with Crippen LogP contribution in [-0.4, -0.2) is 38.3 Å². The summed E-state index contributed by atoms with van der Waals surface area (Å²) in [6, 6.07) is 5.89. The van der Waals surface area contributed by atoms with Crippen LogP contribution >= 0.6 is 0 Å². The summed E-state index contributed by atoms with van der Waals surface area (Å²) < 4.78 is 10.3. The normalized spacial score (nSPS) is 15.9. The quantitative estimate of drug-likeness (QED) is 0.799. The van der Waals surface area contributed by atoms with E-state index in [1.165, 1.54) is 0 Å². The number of rotatable bonds is 6. The van der Waals surface area contributed by atoms with E-state index in [1.807, 2.05) is 24.4 Å². The first-order chi connectivity index (χ1) is 10.2. The Labute approximate surface area is 123 Å². The summed E-state index contributed by atoms with van der Waals surface area (Å²) in [6.45, 7) is 1.08. The highest BCUT2D eigenvalue weighted by Gasteiger charge is 2.52. The number of hydrogen-bond donors (Lipinski definition) is 2. The average molecular weight is 288 g/mol. The van der Waals surface area contributed by atoms with Gasteiger partial charge in [-0.1, -0.05) is 0 Å². The molecule has 0 aliphatic heterocycles. The average Bonchev–Trinajstić information content (AvgIpc) is 3.21. The molecule has 0 unspecified atom stereocenters. The molecule has 1 amide bonds. The van der Waals surface area contributed by atoms with Crippen LogP contribution in [0.15, 0.2) is 24.4 Å². The predicted octanol–water partition coefficient (Wildman–Crippen LogP) is 1.97. The maximum Gasteiger partial charge on any atom is 0.230 e. The molecule has 1 heterocycles. The first-order valence-corrected chi connectivity index (χ1v) is 7.14. The first-order valence-electron chi connectivity index (χ1n) is 7.14. The van der Waals surface area contributed by atoms with Gasteiger partial charge in [0.1, 0.15) is 5.75 Å². The lowest BCUT2D eigenvalue weighted by Gasteiger charge is -2.15. The number of nitrogens with one attached hydrogen (secondary N) is 2. The minimum absolute atomic E-state index is 0.0864. The molecule has 2 aromatic rings. The van der Waals surface area contributed by atoms with Crippen molar-refractivity contribution < 1.29 is 14.3 Å². The smallest absolute Gasteiger partial charge is 0.230 e. The summed E-state index contributed by atoms with van der Waals surface area (Å²) in [5, 5.41) is 4.02. The van der Waals surface area contributed by atoms with Gasteiger partial charge < -0.3 is 19.8 Å². The van der Waals surface area contributed by atoms with Crippen molar-refractivity contribution in [3.63, 3.8) is 0 Å². The lowest BCUT2D eigenvalue weighted by atomic mass is 9.94. The number of benzene rings is 1. The Kier molecular flexibility index (Phi) is 3.59. The van der Waals surface area contributed by atoms with Crippen molar-refractivity contribution in [1.82, 2.24) is 10.3 Å². The number of aromatic amines is 1. The van der Waals surface area contributed by atoms with Crippen molar-refractivity contribution >= 4 is 16.8 Å². The summed E-state index contributed by atoms with van der Waals surface area (Å²) in [5.74, 6) is 0.891. The van der Waals surface area contributed by atoms with Gasteiger partial charge in [0.05, 0.1) is 19.1 Å². The van der Waals surface area contributed by atoms with Crippen LogP contribution in [0.25, 0.3) is 10.9 Å². The minimum Gasteiger partial charge on any atom is -0.497 e. The van der Waals surface area contributed by atoms with Crippen LogP contribution in [0.4, 0.5) is 0 Å². The minimum atomic E-state index is -0.391. The highest BCUT2D eigenvalue weighted by Crippen LogP contribution is 2.50. The highest BCUT2D eigenvalue weighted by atomic mass is 16.5. The van der Waals surface area contributed by atoms with Crippen LogP contribution in [0.1, 0.15) is 18.4 Å². The number of H-pyrrole nitrogens is 1. The molecule has 0 radical (unpaired) electrons. The van der Waals surface area contributed by atoms with E-state index in [-0.39, 0.29) is 5.91 Å². The van der Waals surface area contributed by atoms with E-state index in [0.29, 0.717) is 13.2 Å². The zero-order valence-corrected chi connectivity index (χ0v) is 12.4. The van der Waals surface area contributed by atoms with E-state index in [0.717, 1.165) is 35.1 Å². The van der Waals surface area contributed by atoms with Crippen molar-refractivity contribution in [1.29, 1.82) is 0 Å². The first kappa shape index (κ1) is 13.9. The van der Waals surface area contributed by atoms with Crippen LogP contribution in [0.2, 0.25) is 0 Å². The highest BCUT2D eigenvalue weighted by molar-refractivity contribution is 5.97. The van der Waals surface area contributed by atoms with Gasteiger partial charge in [-0.15, -0.1) is 0 Å². The molecule has 1 fully saturated rings. The molecular weight excluding hydrogens is 268 g/mol. The summed E-state index contributed by atoms with van der Waals surface area (Å²) in [6.07, 6.45) is 3.72. The molecule has 0 spiro atoms. The Hall–Kier alpha value is -2.01. The summed E-state index contributed by atoms with van der Waals surface area (Å²) in [7, 11) is 3.28. The van der Waals surface area contributed by atoms with E-state index in [1.54, 1.807) is 14.2 Å². The molecule has 21 heavy (non-hydrogen) atoms. The lowest BCUT2D eigenvalue weighted by Crippen LogP contribution is -2.36. The number of carbonyl (C=O) groups excluding carboxylic acids is 1. The van der Waals surface area contributed by atoms with Gasteiger partial charge in [-0.2, -0.15) is 0 Å². The topological polar surface area (TPSA) is 63.3 Å². The van der Waals surface area contributed by atoms with Crippen molar-refractivity contribution in [2.45, 2.75) is 18.3 Å². The number of hydrogen-bond acceptors (Lipinski definition) is 3. The SMILES string of the molecule is COCCNC(=O)C1(c2c[nH]c3ccc(OC)cc23)CC1. The van der Waals surface area contributed by atoms with Crippen LogP contribution in [0.3, 0.4) is 0 Å². The van der Waals surface area contributed by atoms with E-state index in [2.05, 4.69) is 10.3 Å². The Morgan fingerprint density at radius 2 is 2.19 bits per heavy atom. The van der Waals surface area contributed by atoms with Crippen molar-refractivity contribution in [3.8, 4) is 5.75 Å². The summed E-state index contributed by atoms with van der Waals surface area (Å²) >= 11 is 0. The molecule has 1 saturated carbocycles. The molecule has 1 aliphatic carbocycles. The van der Waals surface area contributed by atoms with E-state index >= 15 is 0 Å². The number of aromatic nitrogens is 1. The molecule has 2 N–H and O–H groups in total. The number of methoxy groups -OCH3 is 2. The second-order valence-electron chi connectivity index (χ2n) is 5.44. The van der Waals surface area contributed by atoms with Crippen molar-refractivity contribution in [2.75, 3.05) is 27.4 Å². The maximum atomic E-state index is 12.5. The van der Waals surface area contributed by atoms with E-state index in [9.17, 15) is 4.79 Å². The van der Waals surface area contributed by atoms with E-state index < -0.39 is 5.41 Å². The Morgan fingerprint density at radius 3 is 2.86 bits per heavy atom. The van der Waals surface area contributed by atoms with Gasteiger partial charge in [-0.3, -0.25) is 4.79 Å². The van der Waals surface area contributed by atoms with Gasteiger partial charge in [0.2, 0.25) is 5.91 Å². The number of carbonyl (C=O) groups is 1. The molecule has 1 aromatic heterocycles. The van der Waals surface area contributed by atoms with Crippen molar-refractivity contribution in [2.24, 2.45) is 0 Å². The second-order valence-corrected chi connectivity index (χ2v) is 5.44. The lowest BCUT2D eigenvalue weighted by molar-refractivity contribution is -0.123. The zero-order valence-electron chi connectivity index (χ0n) is 12.4. The van der Waals surface area contributed by atoms with Gasteiger partial charge in [0, 0.05) is 30.8 Å². The maximum absolute atomic E-state index is 12.5. The fraction of sp³-hybridized carbons (Fsp3) is 0.438. The number of fused-ring (bicyclic) bond motifs is 1. The van der Waals surface area contributed by atoms with Crippen LogP contribution in [0.5, 0.6) is 5.75 Å². The Balaban J connectivity index is 1.90. The van der Waals surface area contributed by atoms with Crippen LogP contribution < -0.4 is 10.1 Å². The number of ether oxygens (including phenoxy) is 2. The Bertz CT molecular complexity index is 659. The van der Waals surface area contributed by atoms with Crippen LogP contribution in [-0.2, 0) is 14.9 Å². The van der Waals surface area contributed by atoms with Gasteiger partial charge in [-0.25, -0.2) is 0 Å². The molecular formula is C16H20N2O3. The van der Waals surface area contributed by atoms with Gasteiger partial charge >= 0.3 is 0 Å². The summed E-state index contributed by atoms with van der Waals surface area (Å²) in [4.78, 5) is 15.7. The fourth-order valence-corrected chi connectivity index (χ4v) is 2.80. The second kappa shape index (κ2) is 5.41. The molecule has 5 heteroatoms. The van der Waals surface area contributed by atoms with E-state index in [4.69, 9.17) is 9.47 Å². The van der Waals surface area contributed by atoms with Crippen LogP contribution in [0, 0.1) is 0 Å². The Morgan fingerprint density at radius 1 is 1.38 bits per heavy atom. The van der Waals surface area contributed by atoms with Crippen molar-refractivity contribution in [3.05, 3.63) is 30.0 Å². The third kappa shape index (κ3) is 2.38.